The smallest absolute Gasteiger partial charge is 0.330 e. The highest BCUT2D eigenvalue weighted by Gasteiger charge is 2.55. The zero-order valence-electron chi connectivity index (χ0n) is 39.3. The Morgan fingerprint density at radius 1 is 0.774 bits per heavy atom. The minimum Gasteiger partial charge on any atom is -0.459 e. The summed E-state index contributed by atoms with van der Waals surface area (Å²) in [6.07, 6.45) is 18.7. The molecule has 4 rings (SSSR count). The lowest BCUT2D eigenvalue weighted by Crippen LogP contribution is -2.58. The van der Waals surface area contributed by atoms with E-state index >= 15 is 0 Å². The fraction of sp³-hybridized carbons (Fsp3) is 0.780. The van der Waals surface area contributed by atoms with Crippen LogP contribution in [0, 0.1) is 35.5 Å². The Balaban J connectivity index is 1.57. The molecule has 4 aliphatic heterocycles. The summed E-state index contributed by atoms with van der Waals surface area (Å²) < 4.78 is 43.7. The largest absolute Gasteiger partial charge is 0.459 e. The van der Waals surface area contributed by atoms with Crippen molar-refractivity contribution in [2.45, 2.75) is 192 Å². The Labute approximate surface area is 372 Å². The number of carbonyl (C=O) groups is 1. The van der Waals surface area contributed by atoms with Gasteiger partial charge in [-0.1, -0.05) is 110 Å². The van der Waals surface area contributed by atoms with Gasteiger partial charge in [0.2, 0.25) is 0 Å². The number of aliphatic hydroxyl groups is 4. The zero-order chi connectivity index (χ0) is 45.6. The van der Waals surface area contributed by atoms with Gasteiger partial charge in [0, 0.05) is 89.1 Å². The molecule has 3 saturated heterocycles. The number of aliphatic hydroxyl groups excluding tert-OH is 4. The van der Waals surface area contributed by atoms with Crippen LogP contribution in [-0.2, 0) is 38.0 Å². The number of fused-ring (bicyclic) bond motifs is 2. The van der Waals surface area contributed by atoms with Crippen molar-refractivity contribution in [3.05, 3.63) is 60.8 Å². The molecule has 62 heavy (non-hydrogen) atoms. The molecular weight excluding hydrogens is 793 g/mol. The predicted molar refractivity (Wildman–Crippen MR) is 240 cm³/mol. The van der Waals surface area contributed by atoms with Gasteiger partial charge in [0.05, 0.1) is 61.0 Å². The van der Waals surface area contributed by atoms with E-state index in [0.717, 1.165) is 25.7 Å². The van der Waals surface area contributed by atoms with E-state index in [0.29, 0.717) is 31.6 Å². The molecule has 12 nitrogen and oxygen atoms in total. The van der Waals surface area contributed by atoms with Crippen LogP contribution in [0.1, 0.15) is 113 Å². The average molecular weight is 875 g/mol. The van der Waals surface area contributed by atoms with Gasteiger partial charge in [-0.15, -0.1) is 0 Å². The molecule has 354 valence electrons. The maximum atomic E-state index is 13.6. The minimum absolute atomic E-state index is 0.0154. The summed E-state index contributed by atoms with van der Waals surface area (Å²) in [7, 11) is 4.85. The van der Waals surface area contributed by atoms with Crippen LogP contribution >= 0.6 is 0 Å². The first-order valence-corrected chi connectivity index (χ1v) is 23.5. The lowest BCUT2D eigenvalue weighted by molar-refractivity contribution is -0.347. The van der Waals surface area contributed by atoms with Crippen molar-refractivity contribution >= 4 is 5.97 Å². The van der Waals surface area contributed by atoms with E-state index in [4.69, 9.17) is 33.2 Å². The molecule has 0 aliphatic carbocycles. The van der Waals surface area contributed by atoms with Crippen molar-refractivity contribution in [1.82, 2.24) is 0 Å². The Bertz CT molecular complexity index is 1480. The van der Waals surface area contributed by atoms with Gasteiger partial charge >= 0.3 is 5.97 Å². The number of esters is 1. The number of ether oxygens (including phenoxy) is 7. The van der Waals surface area contributed by atoms with Crippen LogP contribution in [-0.4, -0.2) is 127 Å². The van der Waals surface area contributed by atoms with Gasteiger partial charge in [-0.25, -0.2) is 4.79 Å². The molecule has 0 aromatic rings. The summed E-state index contributed by atoms with van der Waals surface area (Å²) in [6, 6.07) is 0. The fourth-order valence-electron chi connectivity index (χ4n) is 9.43. The van der Waals surface area contributed by atoms with Crippen LogP contribution in [0.2, 0.25) is 0 Å². The molecule has 0 aromatic heterocycles. The third kappa shape index (κ3) is 15.2. The molecule has 0 radical (unpaired) electrons. The van der Waals surface area contributed by atoms with Crippen LogP contribution in [0.15, 0.2) is 60.8 Å². The van der Waals surface area contributed by atoms with E-state index in [-0.39, 0.29) is 60.9 Å². The highest BCUT2D eigenvalue weighted by atomic mass is 16.7. The summed E-state index contributed by atoms with van der Waals surface area (Å²) in [4.78, 5) is 13.6. The summed E-state index contributed by atoms with van der Waals surface area (Å²) in [5.74, 6) is -2.23. The van der Waals surface area contributed by atoms with Crippen LogP contribution in [0.25, 0.3) is 0 Å². The van der Waals surface area contributed by atoms with E-state index in [2.05, 4.69) is 20.8 Å². The summed E-state index contributed by atoms with van der Waals surface area (Å²) in [5.41, 5.74) is 0. The van der Waals surface area contributed by atoms with Crippen LogP contribution in [0.4, 0.5) is 0 Å². The van der Waals surface area contributed by atoms with Gasteiger partial charge in [-0.3, -0.25) is 0 Å². The molecular formula is C50H82O12. The first kappa shape index (κ1) is 52.4. The second-order valence-electron chi connectivity index (χ2n) is 18.8. The Kier molecular flexibility index (Phi) is 21.5. The van der Waals surface area contributed by atoms with E-state index in [1.54, 1.807) is 27.4 Å². The van der Waals surface area contributed by atoms with E-state index in [1.807, 2.05) is 76.3 Å². The Hall–Kier alpha value is -2.23. The molecule has 3 fully saturated rings. The number of methoxy groups -OCH3 is 3. The van der Waals surface area contributed by atoms with Crippen molar-refractivity contribution in [1.29, 1.82) is 0 Å². The van der Waals surface area contributed by atoms with Gasteiger partial charge in [0.1, 0.15) is 12.2 Å². The Morgan fingerprint density at radius 3 is 2.15 bits per heavy atom. The fourth-order valence-corrected chi connectivity index (χ4v) is 9.43. The quantitative estimate of drug-likeness (QED) is 0.105. The van der Waals surface area contributed by atoms with Gasteiger partial charge in [0.15, 0.2) is 5.79 Å². The third-order valence-electron chi connectivity index (χ3n) is 14.0. The summed E-state index contributed by atoms with van der Waals surface area (Å²) in [5, 5.41) is 44.5. The summed E-state index contributed by atoms with van der Waals surface area (Å²) >= 11 is 0. The number of carbonyl (C=O) groups excluding carboxylic acids is 1. The highest BCUT2D eigenvalue weighted by molar-refractivity contribution is 5.82. The molecule has 1 spiro atoms. The zero-order valence-corrected chi connectivity index (χ0v) is 39.3. The van der Waals surface area contributed by atoms with Gasteiger partial charge in [0.25, 0.3) is 0 Å². The van der Waals surface area contributed by atoms with Gasteiger partial charge < -0.3 is 53.6 Å². The molecule has 0 saturated carbocycles. The first-order valence-electron chi connectivity index (χ1n) is 23.5. The van der Waals surface area contributed by atoms with E-state index in [9.17, 15) is 25.2 Å². The van der Waals surface area contributed by atoms with Crippen molar-refractivity contribution < 1.29 is 58.4 Å². The van der Waals surface area contributed by atoms with Crippen molar-refractivity contribution in [2.24, 2.45) is 35.5 Å². The molecule has 4 aliphatic rings. The van der Waals surface area contributed by atoms with E-state index in [1.165, 1.54) is 6.08 Å². The van der Waals surface area contributed by atoms with Crippen molar-refractivity contribution in [3.63, 3.8) is 0 Å². The molecule has 4 N–H and O–H groups in total. The van der Waals surface area contributed by atoms with E-state index < -0.39 is 66.5 Å². The highest BCUT2D eigenvalue weighted by Crippen LogP contribution is 2.47. The third-order valence-corrected chi connectivity index (χ3v) is 14.0. The van der Waals surface area contributed by atoms with Crippen LogP contribution in [0.3, 0.4) is 0 Å². The number of hydrogen-bond donors (Lipinski definition) is 4. The number of hydrogen-bond acceptors (Lipinski definition) is 12. The molecule has 4 heterocycles. The monoisotopic (exact) mass is 875 g/mol. The molecule has 0 amide bonds. The topological polar surface area (TPSA) is 166 Å². The predicted octanol–water partition coefficient (Wildman–Crippen LogP) is 7.18. The lowest BCUT2D eigenvalue weighted by atomic mass is 9.80. The summed E-state index contributed by atoms with van der Waals surface area (Å²) in [6.45, 7) is 14.3. The molecule has 0 aromatic carbocycles. The Morgan fingerprint density at radius 2 is 1.45 bits per heavy atom. The lowest BCUT2D eigenvalue weighted by Gasteiger charge is -2.51. The standard InChI is InChI=1S/C50H82O12/c1-11-18-34(5)47-49(60-47)48(58-10)36(7)42-21-17-26-50(61-42)30-45-35(6)44(62-50)29-40(53)31(2)19-15-13-12-14-16-20-43(57-9)41(54)28-39(52)32(3)22-24-37(56-8)27-38(51)33(4)23-25-46(55)59-45/h12-16,19,22-25,31-45,47-49,51-54H,11,17-18,20-21,26-30H2,1-10H3/b13-12+,16-14+,19-15+,24-22+,25-23+/t31-,32-,33-,34-,35-,36+,37+,38-,39+,40+,41-,42-,43-,44-,45-,47+,48-,49-,50+/m1/s1. The average Bonchev–Trinajstić information content (AvgIpc) is 4.04. The molecule has 2 bridgehead atoms. The maximum absolute atomic E-state index is 13.6. The van der Waals surface area contributed by atoms with Crippen molar-refractivity contribution in [2.75, 3.05) is 21.3 Å². The minimum atomic E-state index is -1.02. The molecule has 0 unspecified atom stereocenters. The van der Waals surface area contributed by atoms with Gasteiger partial charge in [-0.2, -0.15) is 0 Å². The van der Waals surface area contributed by atoms with Crippen molar-refractivity contribution in [3.8, 4) is 0 Å². The second kappa shape index (κ2) is 25.5. The normalized spacial score (nSPS) is 43.8. The molecule has 19 atom stereocenters. The number of epoxide rings is 1. The first-order chi connectivity index (χ1) is 29.6. The van der Waals surface area contributed by atoms with Crippen LogP contribution < -0.4 is 0 Å². The maximum Gasteiger partial charge on any atom is 0.330 e. The second-order valence-corrected chi connectivity index (χ2v) is 18.8. The SMILES string of the molecule is CCC[C@@H](C)[C@@H]1O[C@H]1[C@H](OC)[C@@H](C)[C@H]1CCC[C@]2(C[C@H]3OC(=O)/C=C/[C@@H](C)[C@H](O)C[C@@H](OC)/C=C/[C@@H](C)[C@@H](O)C[C@@H](O)[C@H](OC)C/C=C/C=C/C=C/[C@@H](C)[C@@H](O)C[C@@H](O2)[C@H]3C)O1. The number of allylic oxidation sites excluding steroid dienone is 4. The number of rotatable bonds is 9. The van der Waals surface area contributed by atoms with Crippen LogP contribution in [0.5, 0.6) is 0 Å². The molecule has 12 heteroatoms. The van der Waals surface area contributed by atoms with Gasteiger partial charge in [-0.05, 0) is 31.6 Å².